The second-order valence-corrected chi connectivity index (χ2v) is 6.18. The summed E-state index contributed by atoms with van der Waals surface area (Å²) in [5, 5.41) is 11.8. The number of aliphatic carboxylic acids is 1. The normalized spacial score (nSPS) is 17.0. The largest absolute Gasteiger partial charge is 0.481 e. The van der Waals surface area contributed by atoms with Crippen molar-refractivity contribution in [3.63, 3.8) is 0 Å². The number of benzene rings is 1. The minimum absolute atomic E-state index is 0.0279. The van der Waals surface area contributed by atoms with Crippen LogP contribution in [0.15, 0.2) is 24.3 Å². The Hall–Kier alpha value is -1.91. The van der Waals surface area contributed by atoms with Gasteiger partial charge >= 0.3 is 5.97 Å². The van der Waals surface area contributed by atoms with Gasteiger partial charge in [-0.25, -0.2) is 4.39 Å². The number of halogens is 1. The van der Waals surface area contributed by atoms with E-state index in [2.05, 4.69) is 5.32 Å². The minimum atomic E-state index is -0.858. The van der Waals surface area contributed by atoms with Crippen LogP contribution in [0.2, 0.25) is 0 Å². The molecule has 22 heavy (non-hydrogen) atoms. The lowest BCUT2D eigenvalue weighted by Gasteiger charge is -2.35. The van der Waals surface area contributed by atoms with Gasteiger partial charge in [0, 0.05) is 18.5 Å². The number of carboxylic acids is 1. The van der Waals surface area contributed by atoms with Crippen molar-refractivity contribution in [3.8, 4) is 0 Å². The summed E-state index contributed by atoms with van der Waals surface area (Å²) < 4.78 is 13.5. The molecule has 0 aliphatic heterocycles. The molecule has 0 aromatic heterocycles. The van der Waals surface area contributed by atoms with Crippen molar-refractivity contribution in [1.29, 1.82) is 0 Å². The number of carbonyl (C=O) groups excluding carboxylic acids is 1. The number of nitrogens with one attached hydrogen (secondary N) is 1. The SMILES string of the molecule is O=C(O)CC1(CC(=O)NCc2ccccc2F)CCCCC1. The Morgan fingerprint density at radius 1 is 1.14 bits per heavy atom. The molecule has 0 radical (unpaired) electrons. The van der Waals surface area contributed by atoms with Gasteiger partial charge in [-0.15, -0.1) is 0 Å². The lowest BCUT2D eigenvalue weighted by Crippen LogP contribution is -2.35. The van der Waals surface area contributed by atoms with Crippen LogP contribution in [0.1, 0.15) is 50.5 Å². The molecule has 5 heteroatoms. The monoisotopic (exact) mass is 307 g/mol. The van der Waals surface area contributed by atoms with E-state index in [1.807, 2.05) is 0 Å². The van der Waals surface area contributed by atoms with Gasteiger partial charge in [-0.2, -0.15) is 0 Å². The van der Waals surface area contributed by atoms with Crippen molar-refractivity contribution < 1.29 is 19.1 Å². The predicted octanol–water partition coefficient (Wildman–Crippen LogP) is 3.26. The summed E-state index contributed by atoms with van der Waals surface area (Å²) in [4.78, 5) is 23.3. The number of carboxylic acid groups (broad SMARTS) is 1. The Labute approximate surface area is 129 Å². The third-order valence-corrected chi connectivity index (χ3v) is 4.41. The summed E-state index contributed by atoms with van der Waals surface area (Å²) in [6, 6.07) is 6.31. The second-order valence-electron chi connectivity index (χ2n) is 6.18. The Balaban J connectivity index is 1.93. The van der Waals surface area contributed by atoms with Crippen LogP contribution in [0, 0.1) is 11.2 Å². The van der Waals surface area contributed by atoms with Crippen LogP contribution in [0.5, 0.6) is 0 Å². The quantitative estimate of drug-likeness (QED) is 0.847. The van der Waals surface area contributed by atoms with Crippen LogP contribution >= 0.6 is 0 Å². The maximum atomic E-state index is 13.5. The van der Waals surface area contributed by atoms with Gasteiger partial charge in [0.2, 0.25) is 5.91 Å². The first kappa shape index (κ1) is 16.5. The predicted molar refractivity (Wildman–Crippen MR) is 80.6 cm³/mol. The first-order valence-electron chi connectivity index (χ1n) is 7.73. The van der Waals surface area contributed by atoms with Crippen molar-refractivity contribution in [3.05, 3.63) is 35.6 Å². The maximum absolute atomic E-state index is 13.5. The summed E-state index contributed by atoms with van der Waals surface area (Å²) in [6.45, 7) is 0.134. The average molecular weight is 307 g/mol. The zero-order chi connectivity index (χ0) is 16.0. The Morgan fingerprint density at radius 2 is 1.82 bits per heavy atom. The molecule has 0 atom stereocenters. The number of hydrogen-bond acceptors (Lipinski definition) is 2. The highest BCUT2D eigenvalue weighted by Crippen LogP contribution is 2.42. The van der Waals surface area contributed by atoms with Crippen molar-refractivity contribution >= 4 is 11.9 Å². The van der Waals surface area contributed by atoms with Crippen molar-refractivity contribution in [1.82, 2.24) is 5.32 Å². The number of hydrogen-bond donors (Lipinski definition) is 2. The van der Waals surface area contributed by atoms with E-state index in [0.29, 0.717) is 5.56 Å². The molecule has 0 bridgehead atoms. The first-order chi connectivity index (χ1) is 10.5. The minimum Gasteiger partial charge on any atom is -0.481 e. The highest BCUT2D eigenvalue weighted by Gasteiger charge is 2.36. The number of rotatable bonds is 6. The molecule has 4 nitrogen and oxygen atoms in total. The summed E-state index contributed by atoms with van der Waals surface area (Å²) >= 11 is 0. The first-order valence-corrected chi connectivity index (χ1v) is 7.73. The molecule has 1 amide bonds. The molecule has 1 saturated carbocycles. The fraction of sp³-hybridized carbons (Fsp3) is 0.529. The van der Waals surface area contributed by atoms with Gasteiger partial charge in [-0.1, -0.05) is 37.5 Å². The smallest absolute Gasteiger partial charge is 0.303 e. The topological polar surface area (TPSA) is 66.4 Å². The van der Waals surface area contributed by atoms with Gasteiger partial charge in [0.25, 0.3) is 0 Å². The van der Waals surface area contributed by atoms with Crippen molar-refractivity contribution in [2.45, 2.75) is 51.5 Å². The third kappa shape index (κ3) is 4.55. The zero-order valence-corrected chi connectivity index (χ0v) is 12.6. The van der Waals surface area contributed by atoms with Gasteiger partial charge in [0.15, 0.2) is 0 Å². The Morgan fingerprint density at radius 3 is 2.45 bits per heavy atom. The summed E-state index contributed by atoms with van der Waals surface area (Å²) in [7, 11) is 0. The van der Waals surface area contributed by atoms with Gasteiger partial charge in [0.05, 0.1) is 6.42 Å². The van der Waals surface area contributed by atoms with Gasteiger partial charge in [-0.05, 0) is 24.3 Å². The summed E-state index contributed by atoms with van der Waals surface area (Å²) in [6.07, 6.45) is 4.80. The molecule has 1 aliphatic rings. The van der Waals surface area contributed by atoms with Crippen LogP contribution in [0.3, 0.4) is 0 Å². The highest BCUT2D eigenvalue weighted by molar-refractivity contribution is 5.78. The molecule has 2 rings (SSSR count). The van der Waals surface area contributed by atoms with E-state index in [4.69, 9.17) is 5.11 Å². The van der Waals surface area contributed by atoms with Gasteiger partial charge < -0.3 is 10.4 Å². The van der Waals surface area contributed by atoms with Crippen molar-refractivity contribution in [2.75, 3.05) is 0 Å². The van der Waals surface area contributed by atoms with E-state index in [9.17, 15) is 14.0 Å². The molecule has 1 fully saturated rings. The molecule has 1 aromatic rings. The molecule has 0 unspecified atom stereocenters. The molecule has 2 N–H and O–H groups in total. The van der Waals surface area contributed by atoms with E-state index in [1.165, 1.54) is 6.07 Å². The van der Waals surface area contributed by atoms with Crippen LogP contribution in [0.25, 0.3) is 0 Å². The van der Waals surface area contributed by atoms with E-state index in [0.717, 1.165) is 32.1 Å². The highest BCUT2D eigenvalue weighted by atomic mass is 19.1. The Bertz CT molecular complexity index is 538. The van der Waals surface area contributed by atoms with Crippen LogP contribution < -0.4 is 5.32 Å². The fourth-order valence-electron chi connectivity index (χ4n) is 3.28. The molecular formula is C17H22FNO3. The molecule has 0 heterocycles. The lowest BCUT2D eigenvalue weighted by molar-refractivity contribution is -0.141. The van der Waals surface area contributed by atoms with Crippen LogP contribution in [-0.4, -0.2) is 17.0 Å². The van der Waals surface area contributed by atoms with E-state index < -0.39 is 11.4 Å². The number of carbonyl (C=O) groups is 2. The standard InChI is InChI=1S/C17H22FNO3/c18-14-7-3-2-6-13(14)12-19-15(20)10-17(11-16(21)22)8-4-1-5-9-17/h2-3,6-7H,1,4-5,8-12H2,(H,19,20)(H,21,22). The van der Waals surface area contributed by atoms with Gasteiger partial charge in [0.1, 0.15) is 5.82 Å². The Kier molecular flexibility index (Phi) is 5.52. The fourth-order valence-corrected chi connectivity index (χ4v) is 3.28. The van der Waals surface area contributed by atoms with Gasteiger partial charge in [-0.3, -0.25) is 9.59 Å². The maximum Gasteiger partial charge on any atom is 0.303 e. The summed E-state index contributed by atoms with van der Waals surface area (Å²) in [5.74, 6) is -1.41. The average Bonchev–Trinajstić information content (AvgIpc) is 2.46. The second kappa shape index (κ2) is 7.38. The molecule has 1 aromatic carbocycles. The van der Waals surface area contributed by atoms with E-state index >= 15 is 0 Å². The van der Waals surface area contributed by atoms with Crippen molar-refractivity contribution in [2.24, 2.45) is 5.41 Å². The molecule has 0 saturated heterocycles. The third-order valence-electron chi connectivity index (χ3n) is 4.41. The summed E-state index contributed by atoms with van der Waals surface area (Å²) in [5.41, 5.74) is -0.00424. The van der Waals surface area contributed by atoms with E-state index in [1.54, 1.807) is 18.2 Å². The van der Waals surface area contributed by atoms with E-state index in [-0.39, 0.29) is 31.1 Å². The molecular weight excluding hydrogens is 285 g/mol. The zero-order valence-electron chi connectivity index (χ0n) is 12.6. The molecule has 1 aliphatic carbocycles. The van der Waals surface area contributed by atoms with Crippen LogP contribution in [-0.2, 0) is 16.1 Å². The number of amides is 1. The molecule has 120 valence electrons. The van der Waals surface area contributed by atoms with Crippen LogP contribution in [0.4, 0.5) is 4.39 Å². The molecule has 0 spiro atoms. The lowest BCUT2D eigenvalue weighted by atomic mass is 9.69.